The van der Waals surface area contributed by atoms with Gasteiger partial charge in [-0.15, -0.1) is 11.3 Å². The van der Waals surface area contributed by atoms with Crippen LogP contribution in [0.5, 0.6) is 5.75 Å². The van der Waals surface area contributed by atoms with Crippen LogP contribution in [0.3, 0.4) is 0 Å². The Balaban J connectivity index is 1.48. The van der Waals surface area contributed by atoms with Crippen molar-refractivity contribution in [3.05, 3.63) is 38.6 Å². The topological polar surface area (TPSA) is 95.2 Å². The SMILES string of the molecule is CCN(NC1CCc2c(sc3ncnc(Nc4cc5sc(=O)[nH]c5cc4OC)c23)C1)C(C)C. The molecule has 5 rings (SSSR count). The van der Waals surface area contributed by atoms with Crippen molar-refractivity contribution in [2.24, 2.45) is 0 Å². The molecule has 1 atom stereocenters. The lowest BCUT2D eigenvalue weighted by molar-refractivity contribution is 0.120. The van der Waals surface area contributed by atoms with Crippen LogP contribution in [0.25, 0.3) is 20.4 Å². The lowest BCUT2D eigenvalue weighted by atomic mass is 9.93. The number of thiazole rings is 1. The Bertz CT molecular complexity index is 1360. The molecule has 1 aromatic carbocycles. The van der Waals surface area contributed by atoms with Gasteiger partial charge in [-0.2, -0.15) is 0 Å². The predicted molar refractivity (Wildman–Crippen MR) is 136 cm³/mol. The Morgan fingerprint density at radius 3 is 2.91 bits per heavy atom. The first-order valence-corrected chi connectivity index (χ1v) is 12.9. The van der Waals surface area contributed by atoms with E-state index in [0.717, 1.165) is 57.7 Å². The van der Waals surface area contributed by atoms with E-state index in [1.807, 2.05) is 12.1 Å². The maximum Gasteiger partial charge on any atom is 0.305 e. The summed E-state index contributed by atoms with van der Waals surface area (Å²) in [6.07, 6.45) is 4.66. The summed E-state index contributed by atoms with van der Waals surface area (Å²) in [6, 6.07) is 4.68. The lowest BCUT2D eigenvalue weighted by Gasteiger charge is -2.33. The summed E-state index contributed by atoms with van der Waals surface area (Å²) in [5.74, 6) is 1.44. The van der Waals surface area contributed by atoms with Crippen molar-refractivity contribution in [2.45, 2.75) is 52.1 Å². The molecule has 1 unspecified atom stereocenters. The summed E-state index contributed by atoms with van der Waals surface area (Å²) in [5, 5.41) is 6.88. The van der Waals surface area contributed by atoms with Crippen LogP contribution in [0, 0.1) is 0 Å². The summed E-state index contributed by atoms with van der Waals surface area (Å²) in [7, 11) is 1.63. The number of hydrogen-bond acceptors (Lipinski definition) is 9. The highest BCUT2D eigenvalue weighted by Gasteiger charge is 2.26. The number of nitrogens with zero attached hydrogens (tertiary/aromatic N) is 3. The monoisotopic (exact) mass is 484 g/mol. The Hall–Kier alpha value is -2.53. The minimum Gasteiger partial charge on any atom is -0.494 e. The third-order valence-corrected chi connectivity index (χ3v) is 8.16. The van der Waals surface area contributed by atoms with Crippen LogP contribution in [0.1, 0.15) is 37.6 Å². The van der Waals surface area contributed by atoms with E-state index in [0.29, 0.717) is 17.8 Å². The number of aromatic amines is 1. The Labute approximate surface area is 200 Å². The van der Waals surface area contributed by atoms with Gasteiger partial charge in [0.25, 0.3) is 0 Å². The number of nitrogens with one attached hydrogen (secondary N) is 3. The second-order valence-electron chi connectivity index (χ2n) is 8.54. The molecule has 8 nitrogen and oxygen atoms in total. The van der Waals surface area contributed by atoms with Crippen molar-refractivity contribution in [3.63, 3.8) is 0 Å². The van der Waals surface area contributed by atoms with Gasteiger partial charge in [0, 0.05) is 29.6 Å². The van der Waals surface area contributed by atoms with E-state index in [1.54, 1.807) is 24.8 Å². The first-order valence-electron chi connectivity index (χ1n) is 11.2. The number of aryl methyl sites for hydroxylation is 1. The second-order valence-corrected chi connectivity index (χ2v) is 10.6. The van der Waals surface area contributed by atoms with E-state index < -0.39 is 0 Å². The van der Waals surface area contributed by atoms with Gasteiger partial charge in [-0.05, 0) is 44.7 Å². The molecule has 0 radical (unpaired) electrons. The molecule has 33 heavy (non-hydrogen) atoms. The Morgan fingerprint density at radius 2 is 2.15 bits per heavy atom. The van der Waals surface area contributed by atoms with Gasteiger partial charge in [-0.3, -0.25) is 10.2 Å². The normalized spacial score (nSPS) is 16.1. The molecule has 10 heteroatoms. The molecular weight excluding hydrogens is 456 g/mol. The molecule has 0 spiro atoms. The van der Waals surface area contributed by atoms with Crippen LogP contribution < -0.4 is 20.4 Å². The van der Waals surface area contributed by atoms with Crippen LogP contribution in [0.4, 0.5) is 11.5 Å². The van der Waals surface area contributed by atoms with Crippen LogP contribution in [0.15, 0.2) is 23.3 Å². The first kappa shape index (κ1) is 22.3. The summed E-state index contributed by atoms with van der Waals surface area (Å²) >= 11 is 2.95. The van der Waals surface area contributed by atoms with E-state index in [2.05, 4.69) is 51.5 Å². The van der Waals surface area contributed by atoms with E-state index in [9.17, 15) is 4.79 Å². The molecule has 1 aliphatic carbocycles. The standard InChI is InChI=1S/C23H28N6O2S2/c1-5-29(12(2)3)28-13-6-7-14-18(8-13)32-22-20(14)21(24-11-25-22)26-15-10-19-16(9-17(15)31-4)27-23(30)33-19/h9-13,28H,5-8H2,1-4H3,(H,27,30)(H,24,25,26). The number of rotatable bonds is 7. The fraction of sp³-hybridized carbons (Fsp3) is 0.435. The summed E-state index contributed by atoms with van der Waals surface area (Å²) in [5.41, 5.74) is 6.62. The molecule has 0 fully saturated rings. The Morgan fingerprint density at radius 1 is 1.30 bits per heavy atom. The molecule has 0 aliphatic heterocycles. The fourth-order valence-corrected chi connectivity index (χ4v) is 6.55. The number of benzene rings is 1. The van der Waals surface area contributed by atoms with E-state index >= 15 is 0 Å². The molecule has 4 aromatic rings. The van der Waals surface area contributed by atoms with Crippen molar-refractivity contribution in [1.82, 2.24) is 25.4 Å². The number of thiophene rings is 1. The highest BCUT2D eigenvalue weighted by molar-refractivity contribution is 7.19. The molecule has 3 aromatic heterocycles. The average molecular weight is 485 g/mol. The quantitative estimate of drug-likeness (QED) is 0.334. The summed E-state index contributed by atoms with van der Waals surface area (Å²) < 4.78 is 6.46. The summed E-state index contributed by atoms with van der Waals surface area (Å²) in [4.78, 5) is 26.1. The molecule has 0 saturated carbocycles. The summed E-state index contributed by atoms with van der Waals surface area (Å²) in [6.45, 7) is 7.60. The van der Waals surface area contributed by atoms with Crippen molar-refractivity contribution in [1.29, 1.82) is 0 Å². The van der Waals surface area contributed by atoms with E-state index in [1.165, 1.54) is 21.8 Å². The van der Waals surface area contributed by atoms with Crippen molar-refractivity contribution < 1.29 is 4.74 Å². The third-order valence-electron chi connectivity index (χ3n) is 6.15. The highest BCUT2D eigenvalue weighted by atomic mass is 32.1. The van der Waals surface area contributed by atoms with Gasteiger partial charge in [0.1, 0.15) is 22.7 Å². The van der Waals surface area contributed by atoms with Crippen molar-refractivity contribution in [2.75, 3.05) is 19.0 Å². The lowest BCUT2D eigenvalue weighted by Crippen LogP contribution is -2.49. The van der Waals surface area contributed by atoms with Gasteiger partial charge < -0.3 is 15.0 Å². The number of ether oxygens (including phenoxy) is 1. The largest absolute Gasteiger partial charge is 0.494 e. The molecule has 1 aliphatic rings. The van der Waals surface area contributed by atoms with Gasteiger partial charge in [-0.25, -0.2) is 15.0 Å². The van der Waals surface area contributed by atoms with Gasteiger partial charge in [0.15, 0.2) is 0 Å². The van der Waals surface area contributed by atoms with Gasteiger partial charge in [-0.1, -0.05) is 18.3 Å². The number of H-pyrrole nitrogens is 1. The number of aromatic nitrogens is 3. The first-order chi connectivity index (χ1) is 16.0. The maximum absolute atomic E-state index is 11.8. The number of anilines is 2. The smallest absolute Gasteiger partial charge is 0.305 e. The van der Waals surface area contributed by atoms with Crippen molar-refractivity contribution in [3.8, 4) is 5.75 Å². The number of methoxy groups -OCH3 is 1. The highest BCUT2D eigenvalue weighted by Crippen LogP contribution is 2.40. The van der Waals surface area contributed by atoms with Gasteiger partial charge in [0.2, 0.25) is 0 Å². The average Bonchev–Trinajstić information content (AvgIpc) is 3.35. The van der Waals surface area contributed by atoms with Crippen LogP contribution in [-0.2, 0) is 12.8 Å². The van der Waals surface area contributed by atoms with Gasteiger partial charge >= 0.3 is 4.87 Å². The molecule has 0 amide bonds. The van der Waals surface area contributed by atoms with Crippen LogP contribution in [0.2, 0.25) is 0 Å². The minimum atomic E-state index is -0.0807. The second kappa shape index (κ2) is 9.02. The van der Waals surface area contributed by atoms with Gasteiger partial charge in [0.05, 0.1) is 28.4 Å². The van der Waals surface area contributed by atoms with E-state index in [-0.39, 0.29) is 4.87 Å². The molecule has 174 valence electrons. The number of fused-ring (bicyclic) bond motifs is 4. The molecule has 0 bridgehead atoms. The maximum atomic E-state index is 11.8. The zero-order chi connectivity index (χ0) is 23.1. The number of hydrogen-bond donors (Lipinski definition) is 3. The van der Waals surface area contributed by atoms with Crippen LogP contribution >= 0.6 is 22.7 Å². The fourth-order valence-electron chi connectivity index (χ4n) is 4.53. The zero-order valence-electron chi connectivity index (χ0n) is 19.2. The third kappa shape index (κ3) is 4.23. The van der Waals surface area contributed by atoms with Crippen LogP contribution in [-0.4, -0.2) is 45.7 Å². The van der Waals surface area contributed by atoms with Crippen molar-refractivity contribution >= 4 is 54.6 Å². The molecule has 3 N–H and O–H groups in total. The minimum absolute atomic E-state index is 0.0807. The Kier molecular flexibility index (Phi) is 6.09. The molecular formula is C23H28N6O2S2. The number of hydrazine groups is 1. The molecule has 3 heterocycles. The zero-order valence-corrected chi connectivity index (χ0v) is 20.8. The molecule has 0 saturated heterocycles. The van der Waals surface area contributed by atoms with E-state index in [4.69, 9.17) is 4.74 Å². The predicted octanol–water partition coefficient (Wildman–Crippen LogP) is 4.44.